The van der Waals surface area contributed by atoms with E-state index in [-0.39, 0.29) is 18.2 Å². The van der Waals surface area contributed by atoms with Gasteiger partial charge in [-0.1, -0.05) is 30.3 Å². The van der Waals surface area contributed by atoms with Crippen LogP contribution >= 0.6 is 15.9 Å². The summed E-state index contributed by atoms with van der Waals surface area (Å²) in [5, 5.41) is 5.96. The summed E-state index contributed by atoms with van der Waals surface area (Å²) in [6.45, 7) is 3.24. The molecule has 0 radical (unpaired) electrons. The predicted molar refractivity (Wildman–Crippen MR) is 117 cm³/mol. The largest absolute Gasteiger partial charge is 0.368 e. The van der Waals surface area contributed by atoms with Crippen LogP contribution in [0, 0.1) is 0 Å². The summed E-state index contributed by atoms with van der Waals surface area (Å²) in [5.41, 5.74) is 1.88. The number of aliphatic imine (C=N–C) groups is 1. The monoisotopic (exact) mass is 455 g/mol. The Hall–Kier alpha value is -2.87. The summed E-state index contributed by atoms with van der Waals surface area (Å²) in [5.74, 6) is 0.0438. The zero-order valence-electron chi connectivity index (χ0n) is 15.8. The molecule has 2 amide bonds. The van der Waals surface area contributed by atoms with Crippen molar-refractivity contribution in [3.8, 4) is 0 Å². The molecule has 2 aliphatic heterocycles. The topological polar surface area (TPSA) is 77.0 Å². The lowest BCUT2D eigenvalue weighted by Crippen LogP contribution is -2.52. The van der Waals surface area contributed by atoms with Crippen LogP contribution in [0.2, 0.25) is 0 Å². The molecule has 7 nitrogen and oxygen atoms in total. The highest BCUT2D eigenvalue weighted by atomic mass is 79.9. The van der Waals surface area contributed by atoms with Crippen LogP contribution in [0.15, 0.2) is 64.1 Å². The van der Waals surface area contributed by atoms with Gasteiger partial charge in [0.2, 0.25) is 11.9 Å². The Balaban J connectivity index is 1.29. The van der Waals surface area contributed by atoms with Crippen LogP contribution in [0.1, 0.15) is 6.42 Å². The molecule has 2 aromatic rings. The molecule has 1 fully saturated rings. The highest BCUT2D eigenvalue weighted by Crippen LogP contribution is 2.22. The smallest absolute Gasteiger partial charge is 0.271 e. The molecule has 0 aliphatic carbocycles. The molecule has 0 saturated carbocycles. The number of piperazine rings is 1. The van der Waals surface area contributed by atoms with Crippen molar-refractivity contribution in [2.75, 3.05) is 36.4 Å². The van der Waals surface area contributed by atoms with Crippen molar-refractivity contribution in [1.82, 2.24) is 10.2 Å². The van der Waals surface area contributed by atoms with Gasteiger partial charge in [-0.25, -0.2) is 0 Å². The molecule has 150 valence electrons. The lowest BCUT2D eigenvalue weighted by molar-refractivity contribution is -0.123. The van der Waals surface area contributed by atoms with Gasteiger partial charge in [0.1, 0.15) is 6.04 Å². The molecule has 0 bridgehead atoms. The van der Waals surface area contributed by atoms with E-state index < -0.39 is 6.04 Å². The van der Waals surface area contributed by atoms with Crippen molar-refractivity contribution >= 4 is 45.1 Å². The maximum absolute atomic E-state index is 12.4. The van der Waals surface area contributed by atoms with Gasteiger partial charge < -0.3 is 20.4 Å². The average molecular weight is 456 g/mol. The highest BCUT2D eigenvalue weighted by Gasteiger charge is 2.32. The number of amides is 2. The minimum atomic E-state index is -0.625. The van der Waals surface area contributed by atoms with Crippen LogP contribution in [0.25, 0.3) is 0 Å². The zero-order valence-corrected chi connectivity index (χ0v) is 17.4. The number of guanidine groups is 1. The summed E-state index contributed by atoms with van der Waals surface area (Å²) in [7, 11) is 0. The van der Waals surface area contributed by atoms with E-state index in [1.807, 2.05) is 36.4 Å². The Morgan fingerprint density at radius 3 is 2.41 bits per heavy atom. The first-order valence-corrected chi connectivity index (χ1v) is 10.4. The molecule has 2 aromatic carbocycles. The van der Waals surface area contributed by atoms with E-state index in [4.69, 9.17) is 0 Å². The fourth-order valence-electron chi connectivity index (χ4n) is 3.50. The van der Waals surface area contributed by atoms with Gasteiger partial charge in [0.15, 0.2) is 0 Å². The van der Waals surface area contributed by atoms with Crippen molar-refractivity contribution in [1.29, 1.82) is 0 Å². The number of para-hydroxylation sites is 2. The number of nitrogens with one attached hydrogen (secondary N) is 2. The number of nitrogens with zero attached hydrogens (tertiary/aromatic N) is 3. The number of anilines is 2. The third-order valence-electron chi connectivity index (χ3n) is 5.06. The number of hydrogen-bond donors (Lipinski definition) is 2. The van der Waals surface area contributed by atoms with E-state index in [1.165, 1.54) is 5.69 Å². The molecule has 0 spiro atoms. The fourth-order valence-corrected chi connectivity index (χ4v) is 3.88. The van der Waals surface area contributed by atoms with Gasteiger partial charge in [-0.05, 0) is 40.2 Å². The summed E-state index contributed by atoms with van der Waals surface area (Å²) in [6, 6.07) is 17.0. The first kappa shape index (κ1) is 19.4. The minimum Gasteiger partial charge on any atom is -0.368 e. The number of rotatable bonds is 4. The summed E-state index contributed by atoms with van der Waals surface area (Å²) in [6.07, 6.45) is 0.0388. The Labute approximate surface area is 177 Å². The van der Waals surface area contributed by atoms with Gasteiger partial charge in [0.25, 0.3) is 5.91 Å². The normalized spacial score (nSPS) is 19.0. The van der Waals surface area contributed by atoms with E-state index in [2.05, 4.69) is 53.5 Å². The van der Waals surface area contributed by atoms with Crippen molar-refractivity contribution < 1.29 is 9.59 Å². The number of hydrogen-bond acceptors (Lipinski definition) is 5. The summed E-state index contributed by atoms with van der Waals surface area (Å²) in [4.78, 5) is 33.2. The Bertz CT molecular complexity index is 926. The molecule has 2 aliphatic rings. The number of carbonyl (C=O) groups is 2. The molecule has 1 atom stereocenters. The molecule has 2 N–H and O–H groups in total. The van der Waals surface area contributed by atoms with Crippen molar-refractivity contribution in [3.05, 3.63) is 59.1 Å². The second-order valence-electron chi connectivity index (χ2n) is 7.01. The molecule has 1 saturated heterocycles. The van der Waals surface area contributed by atoms with E-state index in [0.717, 1.165) is 30.7 Å². The van der Waals surface area contributed by atoms with Gasteiger partial charge in [-0.3, -0.25) is 9.59 Å². The molecular formula is C21H22BrN5O2. The Morgan fingerprint density at radius 1 is 1.03 bits per heavy atom. The second kappa shape index (κ2) is 8.65. The van der Waals surface area contributed by atoms with Crippen LogP contribution in [-0.2, 0) is 9.59 Å². The number of halogens is 1. The third-order valence-corrected chi connectivity index (χ3v) is 5.75. The van der Waals surface area contributed by atoms with Gasteiger partial charge in [0.05, 0.1) is 12.1 Å². The van der Waals surface area contributed by atoms with Gasteiger partial charge >= 0.3 is 0 Å². The zero-order chi connectivity index (χ0) is 20.2. The van der Waals surface area contributed by atoms with Crippen LogP contribution in [-0.4, -0.2) is 54.9 Å². The molecular weight excluding hydrogens is 434 g/mol. The maximum atomic E-state index is 12.4. The fraction of sp³-hybridized carbons (Fsp3) is 0.286. The van der Waals surface area contributed by atoms with Crippen LogP contribution in [0.5, 0.6) is 0 Å². The van der Waals surface area contributed by atoms with Crippen LogP contribution in [0.3, 0.4) is 0 Å². The first-order chi connectivity index (χ1) is 14.1. The quantitative estimate of drug-likeness (QED) is 0.740. The van der Waals surface area contributed by atoms with Crippen LogP contribution in [0.4, 0.5) is 11.4 Å². The highest BCUT2D eigenvalue weighted by molar-refractivity contribution is 9.10. The molecule has 4 rings (SSSR count). The summed E-state index contributed by atoms with van der Waals surface area (Å²) >= 11 is 3.40. The first-order valence-electron chi connectivity index (χ1n) is 9.58. The van der Waals surface area contributed by atoms with Gasteiger partial charge in [-0.15, -0.1) is 0 Å². The molecule has 29 heavy (non-hydrogen) atoms. The van der Waals surface area contributed by atoms with E-state index in [0.29, 0.717) is 11.6 Å². The van der Waals surface area contributed by atoms with Gasteiger partial charge in [-0.2, -0.15) is 4.99 Å². The predicted octanol–water partition coefficient (Wildman–Crippen LogP) is 2.45. The summed E-state index contributed by atoms with van der Waals surface area (Å²) < 4.78 is 0.798. The van der Waals surface area contributed by atoms with E-state index >= 15 is 0 Å². The molecule has 0 aromatic heterocycles. The number of benzene rings is 2. The van der Waals surface area contributed by atoms with E-state index in [9.17, 15) is 9.59 Å². The van der Waals surface area contributed by atoms with Crippen LogP contribution < -0.4 is 15.5 Å². The molecule has 1 unspecified atom stereocenters. The molecule has 8 heteroatoms. The van der Waals surface area contributed by atoms with Crippen molar-refractivity contribution in [2.45, 2.75) is 12.5 Å². The third kappa shape index (κ3) is 4.59. The second-order valence-corrected chi connectivity index (χ2v) is 7.87. The average Bonchev–Trinajstić information content (AvgIpc) is 3.11. The lowest BCUT2D eigenvalue weighted by Gasteiger charge is -2.37. The maximum Gasteiger partial charge on any atom is 0.271 e. The minimum absolute atomic E-state index is 0.0388. The Kier molecular flexibility index (Phi) is 5.80. The Morgan fingerprint density at radius 2 is 1.69 bits per heavy atom. The number of carbonyl (C=O) groups excluding carboxylic acids is 2. The standard InChI is InChI=1S/C21H22BrN5O2/c22-16-8-4-5-9-17(16)23-19(28)14-18-20(29)25-21(24-18)27-12-10-26(11-13-27)15-6-2-1-3-7-15/h1-9,18H,10-14H2,(H,23,28)(H,24,25,29). The van der Waals surface area contributed by atoms with E-state index in [1.54, 1.807) is 6.07 Å². The van der Waals surface area contributed by atoms with Gasteiger partial charge in [0, 0.05) is 36.3 Å². The van der Waals surface area contributed by atoms with Crippen molar-refractivity contribution in [3.63, 3.8) is 0 Å². The molecule has 2 heterocycles. The van der Waals surface area contributed by atoms with Crippen molar-refractivity contribution in [2.24, 2.45) is 4.99 Å². The SMILES string of the molecule is O=C(CC1NC(N2CCN(c3ccccc3)CC2)=NC1=O)Nc1ccccc1Br. The lowest BCUT2D eigenvalue weighted by atomic mass is 10.2.